The molecule has 1 aromatic carbocycles. The number of amides is 2. The van der Waals surface area contributed by atoms with E-state index in [-0.39, 0.29) is 42.4 Å². The molecule has 2 aromatic rings. The first-order valence-electron chi connectivity index (χ1n) is 12.5. The highest BCUT2D eigenvalue weighted by Gasteiger charge is 2.39. The lowest BCUT2D eigenvalue weighted by atomic mass is 9.77. The Bertz CT molecular complexity index is 1210. The summed E-state index contributed by atoms with van der Waals surface area (Å²) in [5.41, 5.74) is -2.75. The molecule has 1 aliphatic rings. The largest absolute Gasteiger partial charge is 0.444 e. The van der Waals surface area contributed by atoms with E-state index in [1.165, 1.54) is 4.90 Å². The lowest BCUT2D eigenvalue weighted by molar-refractivity contribution is -0.00383. The van der Waals surface area contributed by atoms with Gasteiger partial charge in [0, 0.05) is 19.2 Å². The Morgan fingerprint density at radius 3 is 2.16 bits per heavy atom. The van der Waals surface area contributed by atoms with Crippen LogP contribution in [-0.4, -0.2) is 55.3 Å². The molecule has 0 aliphatic carbocycles. The van der Waals surface area contributed by atoms with Crippen LogP contribution in [0.25, 0.3) is 11.4 Å². The maximum Gasteiger partial charge on any atom is 0.410 e. The fourth-order valence-electron chi connectivity index (χ4n) is 4.78. The summed E-state index contributed by atoms with van der Waals surface area (Å²) in [5.74, 6) is -4.37. The van der Waals surface area contributed by atoms with Crippen molar-refractivity contribution in [2.75, 3.05) is 6.54 Å². The number of rotatable bonds is 4. The van der Waals surface area contributed by atoms with Gasteiger partial charge in [0.25, 0.3) is 5.91 Å². The third kappa shape index (κ3) is 6.48. The predicted octanol–water partition coefficient (Wildman–Crippen LogP) is 5.02. The molecule has 0 radical (unpaired) electrons. The van der Waals surface area contributed by atoms with Gasteiger partial charge in [-0.15, -0.1) is 0 Å². The van der Waals surface area contributed by atoms with E-state index in [9.17, 15) is 27.9 Å². The molecule has 0 spiro atoms. The van der Waals surface area contributed by atoms with Crippen molar-refractivity contribution in [3.8, 4) is 11.4 Å². The van der Waals surface area contributed by atoms with E-state index in [1.807, 2.05) is 20.8 Å². The van der Waals surface area contributed by atoms with E-state index in [0.717, 1.165) is 0 Å². The van der Waals surface area contributed by atoms with E-state index in [4.69, 9.17) is 4.74 Å². The molecule has 1 aliphatic heterocycles. The number of carbonyl (C=O) groups is 2. The summed E-state index contributed by atoms with van der Waals surface area (Å²) in [7, 11) is 0. The van der Waals surface area contributed by atoms with Gasteiger partial charge < -0.3 is 24.6 Å². The topological polar surface area (TPSA) is 96.7 Å². The van der Waals surface area contributed by atoms with Gasteiger partial charge in [-0.3, -0.25) is 4.79 Å². The van der Waals surface area contributed by atoms with Gasteiger partial charge in [0.2, 0.25) is 0 Å². The maximum absolute atomic E-state index is 14.8. The molecule has 2 amide bonds. The number of nitrogens with zero attached hydrogens (tertiary/aromatic N) is 3. The number of hydrogen-bond acceptors (Lipinski definition) is 5. The van der Waals surface area contributed by atoms with Crippen LogP contribution in [0.2, 0.25) is 0 Å². The molecule has 11 heteroatoms. The van der Waals surface area contributed by atoms with Crippen LogP contribution in [0.5, 0.6) is 0 Å². The van der Waals surface area contributed by atoms with Crippen molar-refractivity contribution in [3.05, 3.63) is 41.0 Å². The number of ether oxygens (including phenoxy) is 1. The lowest BCUT2D eigenvalue weighted by Gasteiger charge is -2.39. The molecule has 38 heavy (non-hydrogen) atoms. The third-order valence-electron chi connectivity index (χ3n) is 6.19. The van der Waals surface area contributed by atoms with Crippen LogP contribution >= 0.6 is 0 Å². The zero-order valence-corrected chi connectivity index (χ0v) is 23.2. The van der Waals surface area contributed by atoms with Crippen molar-refractivity contribution < 1.29 is 32.6 Å². The molecule has 2 heterocycles. The van der Waals surface area contributed by atoms with Gasteiger partial charge in [0.1, 0.15) is 17.2 Å². The minimum atomic E-state index is -1.35. The second-order valence-corrected chi connectivity index (χ2v) is 12.3. The van der Waals surface area contributed by atoms with Crippen molar-refractivity contribution in [2.24, 2.45) is 5.41 Å². The molecule has 1 atom stereocenters. The summed E-state index contributed by atoms with van der Waals surface area (Å²) >= 11 is 0. The standard InChI is InChI=1S/C27H37F3N4O4/c1-25(2,3)23(27(7,8)37)32-22(35)20-19-14-33(24(36)38-26(4,5)6)10-9-11-34(19)21(31-20)15-12-17(29)18(30)13-16(15)28/h12-13,23,37H,9-11,14H2,1-8H3,(H,32,35). The van der Waals surface area contributed by atoms with Crippen molar-refractivity contribution in [1.82, 2.24) is 19.8 Å². The molecule has 0 saturated heterocycles. The lowest BCUT2D eigenvalue weighted by Crippen LogP contribution is -2.56. The molecule has 210 valence electrons. The van der Waals surface area contributed by atoms with Crippen LogP contribution in [0.4, 0.5) is 18.0 Å². The van der Waals surface area contributed by atoms with Crippen LogP contribution < -0.4 is 5.32 Å². The average molecular weight is 539 g/mol. The molecular weight excluding hydrogens is 501 g/mol. The summed E-state index contributed by atoms with van der Waals surface area (Å²) in [6, 6.07) is 0.420. The molecule has 2 N–H and O–H groups in total. The predicted molar refractivity (Wildman–Crippen MR) is 136 cm³/mol. The highest BCUT2D eigenvalue weighted by molar-refractivity contribution is 5.94. The number of aliphatic hydroxyl groups is 1. The van der Waals surface area contributed by atoms with Crippen molar-refractivity contribution in [2.45, 2.75) is 92.1 Å². The van der Waals surface area contributed by atoms with Gasteiger partial charge >= 0.3 is 6.09 Å². The van der Waals surface area contributed by atoms with Crippen LogP contribution in [0, 0.1) is 22.9 Å². The number of aromatic nitrogens is 2. The smallest absolute Gasteiger partial charge is 0.410 e. The van der Waals surface area contributed by atoms with Crippen LogP contribution in [0.15, 0.2) is 12.1 Å². The zero-order valence-electron chi connectivity index (χ0n) is 23.2. The third-order valence-corrected chi connectivity index (χ3v) is 6.19. The number of benzene rings is 1. The summed E-state index contributed by atoms with van der Waals surface area (Å²) in [4.78, 5) is 32.3. The van der Waals surface area contributed by atoms with Crippen LogP contribution in [0.1, 0.15) is 78.0 Å². The molecule has 3 rings (SSSR count). The van der Waals surface area contributed by atoms with Gasteiger partial charge in [0.05, 0.1) is 29.4 Å². The summed E-state index contributed by atoms with van der Waals surface area (Å²) in [6.07, 6.45) is -0.181. The SMILES string of the molecule is CC(C)(C)OC(=O)N1CCCn2c(-c3cc(F)c(F)cc3F)nc(C(=O)NC(C(C)(C)C)C(C)(C)O)c2C1. The molecule has 0 bridgehead atoms. The Balaban J connectivity index is 2.15. The van der Waals surface area contributed by atoms with Gasteiger partial charge in [0.15, 0.2) is 17.3 Å². The Morgan fingerprint density at radius 2 is 1.61 bits per heavy atom. The first kappa shape index (κ1) is 29.5. The van der Waals surface area contributed by atoms with Gasteiger partial charge in [-0.05, 0) is 52.5 Å². The second-order valence-electron chi connectivity index (χ2n) is 12.3. The second kappa shape index (κ2) is 10.2. The molecule has 0 saturated carbocycles. The highest BCUT2D eigenvalue weighted by Crippen LogP contribution is 2.32. The number of fused-ring (bicyclic) bond motifs is 1. The summed E-state index contributed by atoms with van der Waals surface area (Å²) in [5, 5.41) is 13.6. The Morgan fingerprint density at radius 1 is 1.00 bits per heavy atom. The van der Waals surface area contributed by atoms with E-state index < -0.39 is 52.1 Å². The van der Waals surface area contributed by atoms with E-state index in [0.29, 0.717) is 18.6 Å². The molecule has 0 fully saturated rings. The molecule has 1 aromatic heterocycles. The number of carbonyl (C=O) groups excluding carboxylic acids is 2. The first-order chi connectivity index (χ1) is 17.3. The Kier molecular flexibility index (Phi) is 7.94. The van der Waals surface area contributed by atoms with Crippen molar-refractivity contribution in [3.63, 3.8) is 0 Å². The minimum Gasteiger partial charge on any atom is -0.444 e. The normalized spacial score (nSPS) is 15.5. The average Bonchev–Trinajstić information content (AvgIpc) is 2.93. The summed E-state index contributed by atoms with van der Waals surface area (Å²) in [6.45, 7) is 14.4. The highest BCUT2D eigenvalue weighted by atomic mass is 19.2. The zero-order chi connectivity index (χ0) is 28.8. The number of hydrogen-bond donors (Lipinski definition) is 2. The number of nitrogens with one attached hydrogen (secondary N) is 1. The minimum absolute atomic E-state index is 0.0665. The van der Waals surface area contributed by atoms with Crippen molar-refractivity contribution in [1.29, 1.82) is 0 Å². The Hall–Kier alpha value is -3.08. The fraction of sp³-hybridized carbons (Fsp3) is 0.593. The van der Waals surface area contributed by atoms with E-state index in [1.54, 1.807) is 39.2 Å². The number of halogens is 3. The van der Waals surface area contributed by atoms with E-state index >= 15 is 0 Å². The fourth-order valence-corrected chi connectivity index (χ4v) is 4.78. The molecule has 1 unspecified atom stereocenters. The Labute approximate surface area is 221 Å². The summed E-state index contributed by atoms with van der Waals surface area (Å²) < 4.78 is 49.7. The van der Waals surface area contributed by atoms with Gasteiger partial charge in [-0.2, -0.15) is 0 Å². The van der Waals surface area contributed by atoms with Gasteiger partial charge in [-0.1, -0.05) is 20.8 Å². The maximum atomic E-state index is 14.8. The quantitative estimate of drug-likeness (QED) is 0.533. The van der Waals surface area contributed by atoms with Gasteiger partial charge in [-0.25, -0.2) is 22.9 Å². The molecular formula is C27H37F3N4O4. The van der Waals surface area contributed by atoms with E-state index in [2.05, 4.69) is 10.3 Å². The van der Waals surface area contributed by atoms with Crippen LogP contribution in [0.3, 0.4) is 0 Å². The molecule has 8 nitrogen and oxygen atoms in total. The number of imidazole rings is 1. The van der Waals surface area contributed by atoms with Crippen molar-refractivity contribution >= 4 is 12.0 Å². The first-order valence-corrected chi connectivity index (χ1v) is 12.5. The monoisotopic (exact) mass is 538 g/mol. The van der Waals surface area contributed by atoms with Crippen LogP contribution in [-0.2, 0) is 17.8 Å².